The predicted molar refractivity (Wildman–Crippen MR) is 74.7 cm³/mol. The molecule has 2 rings (SSSR count). The van der Waals surface area contributed by atoms with Gasteiger partial charge in [0.2, 0.25) is 0 Å². The largest absolute Gasteiger partial charge is 0.336 e. The lowest BCUT2D eigenvalue weighted by molar-refractivity contribution is 0.0595. The number of carbonyl (C=O) groups is 1. The molecule has 2 heterocycles. The minimum atomic E-state index is 0.0438. The molecular formula is C13H21N5O. The number of nitrogens with zero attached hydrogens (tertiary/aromatic N) is 3. The van der Waals surface area contributed by atoms with E-state index in [0.717, 1.165) is 26.2 Å². The van der Waals surface area contributed by atoms with Gasteiger partial charge in [-0.25, -0.2) is 10.8 Å². The van der Waals surface area contributed by atoms with Gasteiger partial charge in [-0.1, -0.05) is 0 Å². The van der Waals surface area contributed by atoms with Gasteiger partial charge < -0.3 is 10.3 Å². The Kier molecular flexibility index (Phi) is 4.34. The second kappa shape index (κ2) is 5.99. The third-order valence-electron chi connectivity index (χ3n) is 3.49. The van der Waals surface area contributed by atoms with E-state index in [1.54, 1.807) is 18.3 Å². The van der Waals surface area contributed by atoms with Crippen LogP contribution in [0.15, 0.2) is 18.3 Å². The molecule has 19 heavy (non-hydrogen) atoms. The first-order valence-corrected chi connectivity index (χ1v) is 6.58. The molecule has 0 radical (unpaired) electrons. The highest BCUT2D eigenvalue weighted by atomic mass is 16.2. The molecule has 104 valence electrons. The normalized spacial score (nSPS) is 16.7. The summed E-state index contributed by atoms with van der Waals surface area (Å²) in [6.07, 6.45) is 1.59. The van der Waals surface area contributed by atoms with E-state index in [0.29, 0.717) is 17.4 Å². The molecule has 6 nitrogen and oxygen atoms in total. The summed E-state index contributed by atoms with van der Waals surface area (Å²) in [7, 11) is 0. The van der Waals surface area contributed by atoms with Crippen molar-refractivity contribution in [2.75, 3.05) is 31.6 Å². The first kappa shape index (κ1) is 13.8. The molecule has 1 aromatic rings. The molecule has 0 aliphatic carbocycles. The van der Waals surface area contributed by atoms with E-state index in [9.17, 15) is 4.79 Å². The van der Waals surface area contributed by atoms with E-state index >= 15 is 0 Å². The Morgan fingerprint density at radius 2 is 2.05 bits per heavy atom. The van der Waals surface area contributed by atoms with Gasteiger partial charge in [-0.2, -0.15) is 0 Å². The van der Waals surface area contributed by atoms with Crippen LogP contribution in [0, 0.1) is 0 Å². The number of nitrogens with two attached hydrogens (primary N) is 1. The molecule has 1 aliphatic rings. The van der Waals surface area contributed by atoms with Crippen LogP contribution in [0.2, 0.25) is 0 Å². The molecular weight excluding hydrogens is 242 g/mol. The topological polar surface area (TPSA) is 74.5 Å². The van der Waals surface area contributed by atoms with Gasteiger partial charge in [0.05, 0.1) is 0 Å². The molecule has 1 saturated heterocycles. The van der Waals surface area contributed by atoms with Gasteiger partial charge in [-0.05, 0) is 26.0 Å². The van der Waals surface area contributed by atoms with E-state index in [-0.39, 0.29) is 5.91 Å². The molecule has 1 fully saturated rings. The zero-order valence-corrected chi connectivity index (χ0v) is 11.5. The van der Waals surface area contributed by atoms with E-state index < -0.39 is 0 Å². The number of pyridine rings is 1. The lowest BCUT2D eigenvalue weighted by Crippen LogP contribution is -2.50. The van der Waals surface area contributed by atoms with Gasteiger partial charge in [0, 0.05) is 44.0 Å². The lowest BCUT2D eigenvalue weighted by Gasteiger charge is -2.36. The monoisotopic (exact) mass is 263 g/mol. The summed E-state index contributed by atoms with van der Waals surface area (Å²) in [5, 5.41) is 0. The molecule has 1 aromatic heterocycles. The summed E-state index contributed by atoms with van der Waals surface area (Å²) in [5.74, 6) is 5.85. The van der Waals surface area contributed by atoms with Crippen LogP contribution in [0.5, 0.6) is 0 Å². The van der Waals surface area contributed by atoms with Crippen molar-refractivity contribution in [1.29, 1.82) is 0 Å². The van der Waals surface area contributed by atoms with Gasteiger partial charge in [0.1, 0.15) is 5.82 Å². The van der Waals surface area contributed by atoms with Crippen LogP contribution in [0.25, 0.3) is 0 Å². The summed E-state index contributed by atoms with van der Waals surface area (Å²) in [6, 6.07) is 3.93. The molecule has 0 unspecified atom stereocenters. The Morgan fingerprint density at radius 3 is 2.63 bits per heavy atom. The first-order valence-electron chi connectivity index (χ1n) is 6.58. The standard InChI is InChI=1S/C13H21N5O/c1-10(2)17-5-7-18(8-6-17)13(19)11-3-4-15-12(9-11)16-14/h3-4,9-10H,5-8,14H2,1-2H3,(H,15,16). The number of aromatic nitrogens is 1. The molecule has 0 bridgehead atoms. The number of hydrogen-bond donors (Lipinski definition) is 2. The van der Waals surface area contributed by atoms with Crippen molar-refractivity contribution >= 4 is 11.7 Å². The molecule has 3 N–H and O–H groups in total. The number of hydrazine groups is 1. The highest BCUT2D eigenvalue weighted by molar-refractivity contribution is 5.94. The number of amides is 1. The number of hydrogen-bond acceptors (Lipinski definition) is 5. The molecule has 0 aromatic carbocycles. The lowest BCUT2D eigenvalue weighted by atomic mass is 10.2. The van der Waals surface area contributed by atoms with E-state index in [1.165, 1.54) is 0 Å². The Labute approximate surface area is 113 Å². The zero-order chi connectivity index (χ0) is 13.8. The fraction of sp³-hybridized carbons (Fsp3) is 0.538. The Balaban J connectivity index is 2.01. The number of nitrogens with one attached hydrogen (secondary N) is 1. The summed E-state index contributed by atoms with van der Waals surface area (Å²) >= 11 is 0. The van der Waals surface area contributed by atoms with Crippen LogP contribution in [0.1, 0.15) is 24.2 Å². The minimum Gasteiger partial charge on any atom is -0.336 e. The first-order chi connectivity index (χ1) is 9.11. The van der Waals surface area contributed by atoms with Gasteiger partial charge in [0.15, 0.2) is 0 Å². The van der Waals surface area contributed by atoms with Crippen molar-refractivity contribution in [1.82, 2.24) is 14.8 Å². The van der Waals surface area contributed by atoms with Gasteiger partial charge in [0.25, 0.3) is 5.91 Å². The second-order valence-corrected chi connectivity index (χ2v) is 5.00. The van der Waals surface area contributed by atoms with E-state index in [1.807, 2.05) is 4.90 Å². The fourth-order valence-electron chi connectivity index (χ4n) is 2.27. The Hall–Kier alpha value is -1.66. The highest BCUT2D eigenvalue weighted by Crippen LogP contribution is 2.12. The van der Waals surface area contributed by atoms with Crippen LogP contribution in [0.4, 0.5) is 5.82 Å². The molecule has 0 atom stereocenters. The Bertz CT molecular complexity index is 440. The summed E-state index contributed by atoms with van der Waals surface area (Å²) < 4.78 is 0. The highest BCUT2D eigenvalue weighted by Gasteiger charge is 2.23. The van der Waals surface area contributed by atoms with E-state index in [4.69, 9.17) is 5.84 Å². The van der Waals surface area contributed by atoms with Gasteiger partial charge in [-0.3, -0.25) is 9.69 Å². The average Bonchev–Trinajstić information content (AvgIpc) is 2.46. The van der Waals surface area contributed by atoms with Crippen LogP contribution in [0.3, 0.4) is 0 Å². The quantitative estimate of drug-likeness (QED) is 0.615. The number of rotatable bonds is 3. The molecule has 0 saturated carbocycles. The Morgan fingerprint density at radius 1 is 1.37 bits per heavy atom. The maximum absolute atomic E-state index is 12.4. The third kappa shape index (κ3) is 3.21. The average molecular weight is 263 g/mol. The fourth-order valence-corrected chi connectivity index (χ4v) is 2.27. The minimum absolute atomic E-state index is 0.0438. The SMILES string of the molecule is CC(C)N1CCN(C(=O)c2ccnc(NN)c2)CC1. The van der Waals surface area contributed by atoms with Crippen LogP contribution in [-0.4, -0.2) is 52.9 Å². The van der Waals surface area contributed by atoms with Crippen LogP contribution >= 0.6 is 0 Å². The number of carbonyl (C=O) groups excluding carboxylic acids is 1. The smallest absolute Gasteiger partial charge is 0.254 e. The molecule has 1 aliphatic heterocycles. The predicted octanol–water partition coefficient (Wildman–Crippen LogP) is 0.533. The van der Waals surface area contributed by atoms with E-state index in [2.05, 4.69) is 29.2 Å². The van der Waals surface area contributed by atoms with Crippen molar-refractivity contribution in [2.45, 2.75) is 19.9 Å². The van der Waals surface area contributed by atoms with Crippen LogP contribution < -0.4 is 11.3 Å². The van der Waals surface area contributed by atoms with Crippen molar-refractivity contribution < 1.29 is 4.79 Å². The number of piperazine rings is 1. The molecule has 0 spiro atoms. The summed E-state index contributed by atoms with van der Waals surface area (Å²) in [4.78, 5) is 20.6. The van der Waals surface area contributed by atoms with Gasteiger partial charge in [-0.15, -0.1) is 0 Å². The molecule has 6 heteroatoms. The number of anilines is 1. The third-order valence-corrected chi connectivity index (χ3v) is 3.49. The van der Waals surface area contributed by atoms with Crippen LogP contribution in [-0.2, 0) is 0 Å². The maximum Gasteiger partial charge on any atom is 0.254 e. The maximum atomic E-state index is 12.4. The van der Waals surface area contributed by atoms with Gasteiger partial charge >= 0.3 is 0 Å². The van der Waals surface area contributed by atoms with Crippen molar-refractivity contribution in [3.63, 3.8) is 0 Å². The van der Waals surface area contributed by atoms with Crippen molar-refractivity contribution in [2.24, 2.45) is 5.84 Å². The zero-order valence-electron chi connectivity index (χ0n) is 11.5. The summed E-state index contributed by atoms with van der Waals surface area (Å²) in [5.41, 5.74) is 3.08. The number of nitrogen functional groups attached to an aromatic ring is 1. The molecule has 1 amide bonds. The summed E-state index contributed by atoms with van der Waals surface area (Å²) in [6.45, 7) is 7.75. The van der Waals surface area contributed by atoms with Crippen molar-refractivity contribution in [3.8, 4) is 0 Å². The second-order valence-electron chi connectivity index (χ2n) is 5.00. The van der Waals surface area contributed by atoms with Crippen molar-refractivity contribution in [3.05, 3.63) is 23.9 Å².